The molecule has 0 saturated heterocycles. The van der Waals surface area contributed by atoms with E-state index >= 15 is 0 Å². The fourth-order valence-electron chi connectivity index (χ4n) is 4.86. The van der Waals surface area contributed by atoms with E-state index in [9.17, 15) is 13.2 Å². The van der Waals surface area contributed by atoms with E-state index in [1.54, 1.807) is 12.1 Å². The normalized spacial score (nSPS) is 32.3. The highest BCUT2D eigenvalue weighted by Gasteiger charge is 2.64. The molecule has 3 aliphatic rings. The lowest BCUT2D eigenvalue weighted by Crippen LogP contribution is -2.43. The zero-order chi connectivity index (χ0) is 20.2. The fourth-order valence-corrected chi connectivity index (χ4v) is 4.86. The standard InChI is InChI=1S/C23H23F3N2O/c24-19-9-7-13(6-8-15-11-16(15)14-4-2-1-3-5-14)10-17(19)23(21(25)26)18-12-20(18)29-22(27)28-23/h1-5,7,9-10,15-16,18,20-21H,6,8,11-12H2,(H2,27,28)/t15-,16+,18+,20-,23-/m1/s1. The van der Waals surface area contributed by atoms with Crippen molar-refractivity contribution in [1.82, 2.24) is 0 Å². The van der Waals surface area contributed by atoms with Gasteiger partial charge in [0.15, 0.2) is 5.54 Å². The number of hydrogen-bond acceptors (Lipinski definition) is 3. The molecule has 0 bridgehead atoms. The van der Waals surface area contributed by atoms with E-state index in [1.165, 1.54) is 11.6 Å². The summed E-state index contributed by atoms with van der Waals surface area (Å²) in [5.74, 6) is -0.0488. The van der Waals surface area contributed by atoms with Crippen molar-refractivity contribution in [2.24, 2.45) is 22.6 Å². The first kappa shape index (κ1) is 18.5. The number of aliphatic imine (C=N–C) groups is 1. The van der Waals surface area contributed by atoms with Gasteiger partial charge in [-0.1, -0.05) is 42.5 Å². The van der Waals surface area contributed by atoms with Crippen molar-refractivity contribution in [2.75, 3.05) is 0 Å². The van der Waals surface area contributed by atoms with Gasteiger partial charge in [0, 0.05) is 11.5 Å². The number of aryl methyl sites for hydroxylation is 1. The number of halogens is 3. The highest BCUT2D eigenvalue weighted by atomic mass is 19.3. The number of nitrogens with zero attached hydrogens (tertiary/aromatic N) is 1. The zero-order valence-electron chi connectivity index (χ0n) is 15.9. The minimum absolute atomic E-state index is 0.0563. The first-order chi connectivity index (χ1) is 14.0. The van der Waals surface area contributed by atoms with E-state index in [-0.39, 0.29) is 11.6 Å². The van der Waals surface area contributed by atoms with Crippen LogP contribution in [0.15, 0.2) is 53.5 Å². The molecule has 0 amide bonds. The number of ether oxygens (including phenoxy) is 1. The molecular weight excluding hydrogens is 377 g/mol. The van der Waals surface area contributed by atoms with E-state index in [0.717, 1.165) is 24.8 Å². The Morgan fingerprint density at radius 1 is 1.14 bits per heavy atom. The van der Waals surface area contributed by atoms with E-state index in [1.807, 2.05) is 18.2 Å². The summed E-state index contributed by atoms with van der Waals surface area (Å²) < 4.78 is 48.4. The monoisotopic (exact) mass is 400 g/mol. The molecule has 2 aromatic carbocycles. The van der Waals surface area contributed by atoms with Crippen LogP contribution >= 0.6 is 0 Å². The Labute approximate surface area is 167 Å². The third-order valence-electron chi connectivity index (χ3n) is 6.61. The van der Waals surface area contributed by atoms with Crippen LogP contribution in [-0.2, 0) is 16.7 Å². The summed E-state index contributed by atoms with van der Waals surface area (Å²) >= 11 is 0. The number of rotatable bonds is 6. The maximum atomic E-state index is 14.7. The van der Waals surface area contributed by atoms with Crippen LogP contribution in [0.2, 0.25) is 0 Å². The van der Waals surface area contributed by atoms with Crippen molar-refractivity contribution in [3.63, 3.8) is 0 Å². The van der Waals surface area contributed by atoms with E-state index < -0.39 is 29.8 Å². The third-order valence-corrected chi connectivity index (χ3v) is 6.61. The minimum Gasteiger partial charge on any atom is -0.462 e. The second-order valence-corrected chi connectivity index (χ2v) is 8.44. The largest absolute Gasteiger partial charge is 0.462 e. The smallest absolute Gasteiger partial charge is 0.283 e. The van der Waals surface area contributed by atoms with E-state index in [0.29, 0.717) is 18.3 Å². The molecule has 1 aliphatic heterocycles. The lowest BCUT2D eigenvalue weighted by molar-refractivity contribution is 0.0176. The molecule has 2 N–H and O–H groups in total. The van der Waals surface area contributed by atoms with Gasteiger partial charge in [0.25, 0.3) is 12.4 Å². The van der Waals surface area contributed by atoms with Gasteiger partial charge in [0.2, 0.25) is 0 Å². The van der Waals surface area contributed by atoms with Crippen LogP contribution in [0.25, 0.3) is 0 Å². The van der Waals surface area contributed by atoms with Gasteiger partial charge >= 0.3 is 0 Å². The van der Waals surface area contributed by atoms with Gasteiger partial charge in [-0.05, 0) is 54.7 Å². The number of benzene rings is 2. The topological polar surface area (TPSA) is 47.6 Å². The van der Waals surface area contributed by atoms with Crippen molar-refractivity contribution in [2.45, 2.75) is 49.7 Å². The van der Waals surface area contributed by atoms with Crippen molar-refractivity contribution >= 4 is 6.02 Å². The molecular formula is C23H23F3N2O. The molecule has 5 atom stereocenters. The molecule has 6 heteroatoms. The predicted molar refractivity (Wildman–Crippen MR) is 104 cm³/mol. The Morgan fingerprint density at radius 3 is 2.69 bits per heavy atom. The lowest BCUT2D eigenvalue weighted by atomic mass is 9.83. The van der Waals surface area contributed by atoms with Gasteiger partial charge in [0.1, 0.15) is 11.9 Å². The number of fused-ring (bicyclic) bond motifs is 1. The van der Waals surface area contributed by atoms with E-state index in [2.05, 4.69) is 17.1 Å². The molecule has 3 nitrogen and oxygen atoms in total. The molecule has 2 saturated carbocycles. The predicted octanol–water partition coefficient (Wildman–Crippen LogP) is 4.76. The molecule has 2 aliphatic carbocycles. The summed E-state index contributed by atoms with van der Waals surface area (Å²) in [5, 5.41) is 0. The van der Waals surface area contributed by atoms with Crippen LogP contribution in [0.5, 0.6) is 0 Å². The van der Waals surface area contributed by atoms with Crippen molar-refractivity contribution in [3.8, 4) is 0 Å². The SMILES string of the molecule is NC1=N[C@@](c2cc(CC[C@@H]3C[C@H]3c3ccccc3)ccc2F)(C(F)F)[C@H]2C[C@H]2O1. The Hall–Kier alpha value is -2.50. The van der Waals surface area contributed by atoms with Gasteiger partial charge in [-0.15, -0.1) is 0 Å². The second-order valence-electron chi connectivity index (χ2n) is 8.44. The maximum absolute atomic E-state index is 14.7. The van der Waals surface area contributed by atoms with Gasteiger partial charge in [0.05, 0.1) is 0 Å². The summed E-state index contributed by atoms with van der Waals surface area (Å²) in [4.78, 5) is 3.95. The molecule has 0 aromatic heterocycles. The zero-order valence-corrected chi connectivity index (χ0v) is 15.9. The van der Waals surface area contributed by atoms with Crippen LogP contribution in [0, 0.1) is 17.7 Å². The number of hydrogen-bond donors (Lipinski definition) is 1. The summed E-state index contributed by atoms with van der Waals surface area (Å²) in [6.45, 7) is 0. The van der Waals surface area contributed by atoms with E-state index in [4.69, 9.17) is 10.5 Å². The molecule has 5 rings (SSSR count). The lowest BCUT2D eigenvalue weighted by Gasteiger charge is -2.33. The highest BCUT2D eigenvalue weighted by molar-refractivity contribution is 5.74. The molecule has 29 heavy (non-hydrogen) atoms. The van der Waals surface area contributed by atoms with Gasteiger partial charge in [-0.2, -0.15) is 0 Å². The third kappa shape index (κ3) is 3.18. The average molecular weight is 400 g/mol. The van der Waals surface area contributed by atoms with Gasteiger partial charge in [-0.25, -0.2) is 18.2 Å². The maximum Gasteiger partial charge on any atom is 0.283 e. The first-order valence-electron chi connectivity index (χ1n) is 10.1. The Bertz CT molecular complexity index is 948. The average Bonchev–Trinajstić information content (AvgIpc) is 3.62. The van der Waals surface area contributed by atoms with Gasteiger partial charge in [-0.3, -0.25) is 0 Å². The Morgan fingerprint density at radius 2 is 1.93 bits per heavy atom. The molecule has 1 heterocycles. The number of alkyl halides is 2. The summed E-state index contributed by atoms with van der Waals surface area (Å²) in [6.07, 6.45) is -0.0182. The first-order valence-corrected chi connectivity index (χ1v) is 10.1. The minimum atomic E-state index is -2.85. The van der Waals surface area contributed by atoms with Crippen LogP contribution in [-0.4, -0.2) is 18.6 Å². The Balaban J connectivity index is 1.36. The van der Waals surface area contributed by atoms with Gasteiger partial charge < -0.3 is 10.5 Å². The summed E-state index contributed by atoms with van der Waals surface area (Å²) in [7, 11) is 0. The van der Waals surface area contributed by atoms with Crippen molar-refractivity contribution < 1.29 is 17.9 Å². The van der Waals surface area contributed by atoms with Crippen LogP contribution in [0.1, 0.15) is 41.9 Å². The Kier molecular flexibility index (Phi) is 4.33. The molecule has 2 fully saturated rings. The molecule has 2 aromatic rings. The van der Waals surface area contributed by atoms with Crippen molar-refractivity contribution in [1.29, 1.82) is 0 Å². The van der Waals surface area contributed by atoms with Crippen LogP contribution < -0.4 is 5.73 Å². The second kappa shape index (κ2) is 6.78. The summed E-state index contributed by atoms with van der Waals surface area (Å²) in [5.41, 5.74) is 5.85. The highest BCUT2D eigenvalue weighted by Crippen LogP contribution is 2.56. The number of nitrogens with two attached hydrogens (primary N) is 1. The fraction of sp³-hybridized carbons (Fsp3) is 0.435. The quantitative estimate of drug-likeness (QED) is 0.760. The van der Waals surface area contributed by atoms with Crippen molar-refractivity contribution in [3.05, 3.63) is 71.0 Å². The molecule has 0 radical (unpaired) electrons. The van der Waals surface area contributed by atoms with Crippen LogP contribution in [0.3, 0.4) is 0 Å². The summed E-state index contributed by atoms with van der Waals surface area (Å²) in [6, 6.07) is 14.7. The van der Waals surface area contributed by atoms with Crippen LogP contribution in [0.4, 0.5) is 13.2 Å². The molecule has 0 unspecified atom stereocenters. The number of amidine groups is 1. The molecule has 0 spiro atoms. The molecule has 152 valence electrons.